The van der Waals surface area contributed by atoms with Crippen LogP contribution in [0.2, 0.25) is 0 Å². The van der Waals surface area contributed by atoms with Gasteiger partial charge in [0.05, 0.1) is 27.0 Å². The molecule has 1 atom stereocenters. The third-order valence-corrected chi connectivity index (χ3v) is 7.84. The van der Waals surface area contributed by atoms with Gasteiger partial charge in [0.2, 0.25) is 5.54 Å². The van der Waals surface area contributed by atoms with Crippen molar-refractivity contribution in [2.45, 2.75) is 12.1 Å². The first-order chi connectivity index (χ1) is 21.8. The molecule has 5 heterocycles. The molecule has 0 unspecified atom stereocenters. The van der Waals surface area contributed by atoms with Crippen molar-refractivity contribution in [1.82, 2.24) is 35.4 Å². The van der Waals surface area contributed by atoms with Crippen molar-refractivity contribution in [3.8, 4) is 23.3 Å². The average Bonchev–Trinajstić information content (AvgIpc) is 3.53. The number of fused-ring (bicyclic) bond motifs is 1. The number of anilines is 1. The Labute approximate surface area is 257 Å². The maximum Gasteiger partial charge on any atom is 0.323 e. The van der Waals surface area contributed by atoms with Gasteiger partial charge in [0.1, 0.15) is 11.6 Å². The Hall–Kier alpha value is -5.91. The fourth-order valence-corrected chi connectivity index (χ4v) is 5.50. The van der Waals surface area contributed by atoms with Crippen LogP contribution in [0, 0.1) is 11.8 Å². The first-order valence-corrected chi connectivity index (χ1v) is 14.0. The lowest BCUT2D eigenvalue weighted by Gasteiger charge is -2.36. The van der Waals surface area contributed by atoms with E-state index in [1.165, 1.54) is 25.3 Å². The maximum atomic E-state index is 13.2. The van der Waals surface area contributed by atoms with Crippen LogP contribution in [-0.4, -0.2) is 106 Å². The Morgan fingerprint density at radius 3 is 2.56 bits per heavy atom. The van der Waals surface area contributed by atoms with Gasteiger partial charge in [0, 0.05) is 62.4 Å². The summed E-state index contributed by atoms with van der Waals surface area (Å²) < 4.78 is 10.8. The Balaban J connectivity index is 1.22. The van der Waals surface area contributed by atoms with Crippen LogP contribution in [0.15, 0.2) is 54.2 Å². The molecule has 4 amide bonds. The number of urea groups is 1. The third kappa shape index (κ3) is 5.60. The molecule has 0 radical (unpaired) electrons. The fraction of sp³-hybridized carbons (Fsp3) is 0.300. The van der Waals surface area contributed by atoms with Crippen molar-refractivity contribution < 1.29 is 29.1 Å². The van der Waals surface area contributed by atoms with Gasteiger partial charge in [0.15, 0.2) is 17.3 Å². The van der Waals surface area contributed by atoms with E-state index in [4.69, 9.17) is 9.47 Å². The topological polar surface area (TPSA) is 175 Å². The van der Waals surface area contributed by atoms with E-state index in [1.807, 2.05) is 4.90 Å². The first-order valence-electron chi connectivity index (χ1n) is 14.0. The molecule has 3 aromatic rings. The minimum absolute atomic E-state index is 0.181. The predicted octanol–water partition coefficient (Wildman–Crippen LogP) is 0.433. The molecule has 2 aromatic heterocycles. The number of amides is 4. The number of aromatic nitrogens is 3. The summed E-state index contributed by atoms with van der Waals surface area (Å²) in [7, 11) is 2.95. The summed E-state index contributed by atoms with van der Waals surface area (Å²) in [6.07, 6.45) is 6.46. The summed E-state index contributed by atoms with van der Waals surface area (Å²) in [5.74, 6) is 6.58. The molecule has 2 saturated heterocycles. The zero-order valence-electron chi connectivity index (χ0n) is 24.5. The van der Waals surface area contributed by atoms with Gasteiger partial charge in [-0.25, -0.2) is 14.8 Å². The van der Waals surface area contributed by atoms with Gasteiger partial charge in [-0.2, -0.15) is 0 Å². The van der Waals surface area contributed by atoms with Gasteiger partial charge in [-0.1, -0.05) is 17.1 Å². The van der Waals surface area contributed by atoms with Crippen LogP contribution in [0.25, 0.3) is 0 Å². The lowest BCUT2D eigenvalue weighted by Crippen LogP contribution is -2.54. The van der Waals surface area contributed by atoms with E-state index in [9.17, 15) is 19.6 Å². The molecule has 6 rings (SSSR count). The van der Waals surface area contributed by atoms with Crippen LogP contribution in [0.1, 0.15) is 27.2 Å². The molecule has 1 aromatic carbocycles. The van der Waals surface area contributed by atoms with Crippen molar-refractivity contribution in [2.24, 2.45) is 5.16 Å². The zero-order chi connectivity index (χ0) is 31.6. The maximum absolute atomic E-state index is 13.2. The van der Waals surface area contributed by atoms with E-state index in [2.05, 4.69) is 47.5 Å². The number of carbonyl (C=O) groups excluding carboxylic acids is 3. The van der Waals surface area contributed by atoms with Gasteiger partial charge in [0.25, 0.3) is 11.8 Å². The number of oxime groups is 1. The second kappa shape index (κ2) is 12.0. The van der Waals surface area contributed by atoms with Crippen LogP contribution in [0.4, 0.5) is 10.6 Å². The Kier molecular flexibility index (Phi) is 7.78. The highest BCUT2D eigenvalue weighted by Crippen LogP contribution is 2.29. The van der Waals surface area contributed by atoms with Gasteiger partial charge in [-0.15, -0.1) is 0 Å². The molecule has 0 aliphatic carbocycles. The van der Waals surface area contributed by atoms with E-state index in [-0.39, 0.29) is 30.4 Å². The molecule has 15 nitrogen and oxygen atoms in total. The number of imide groups is 1. The molecule has 3 N–H and O–H groups in total. The molecule has 0 saturated carbocycles. The van der Waals surface area contributed by atoms with Crippen molar-refractivity contribution in [1.29, 1.82) is 0 Å². The molecule has 0 bridgehead atoms. The number of methoxy groups -OCH3 is 2. The van der Waals surface area contributed by atoms with Crippen molar-refractivity contribution in [2.75, 3.05) is 51.8 Å². The van der Waals surface area contributed by atoms with Gasteiger partial charge in [-0.05, 0) is 29.7 Å². The van der Waals surface area contributed by atoms with E-state index in [0.717, 1.165) is 11.4 Å². The number of amidine groups is 1. The van der Waals surface area contributed by atoms with Crippen LogP contribution in [0.3, 0.4) is 0 Å². The van der Waals surface area contributed by atoms with E-state index in [1.54, 1.807) is 42.9 Å². The molecule has 15 heteroatoms. The zero-order valence-corrected chi connectivity index (χ0v) is 24.5. The number of benzene rings is 1. The van der Waals surface area contributed by atoms with Crippen LogP contribution >= 0.6 is 0 Å². The lowest BCUT2D eigenvalue weighted by molar-refractivity contribution is -0.122. The van der Waals surface area contributed by atoms with E-state index >= 15 is 0 Å². The number of rotatable bonds is 6. The lowest BCUT2D eigenvalue weighted by atomic mass is 9.99. The standard InChI is InChI=1S/C30H29N9O6/c1-44-21-4-3-19-17-39(27(40)22(19)14-21)18-30(28(41)34-29(42)35-30)6-5-23-24(45-2)13-20(15-33-23)26(36-43)38-11-9-37(10-12-38)25-16-31-7-8-32-25/h3-4,7-8,13-16,43H,9-12,17-18H2,1-2H3,(H2,34,35,41,42)/b36-26+/t30-/m1/s1. The van der Waals surface area contributed by atoms with Gasteiger partial charge >= 0.3 is 6.03 Å². The van der Waals surface area contributed by atoms with E-state index in [0.29, 0.717) is 48.9 Å². The summed E-state index contributed by atoms with van der Waals surface area (Å²) >= 11 is 0. The summed E-state index contributed by atoms with van der Waals surface area (Å²) in [5.41, 5.74) is 0.164. The second-order valence-electron chi connectivity index (χ2n) is 10.5. The minimum atomic E-state index is -1.73. The number of pyridine rings is 1. The SMILES string of the molecule is COc1ccc2c(c1)C(=O)N(C[C@@]1(C#Cc3ncc(/C(=N\O)N4CCN(c5cnccn5)CC4)cc3OC)NC(=O)NC1=O)C2. The fourth-order valence-electron chi connectivity index (χ4n) is 5.50. The molecule has 0 spiro atoms. The number of carbonyl (C=O) groups is 3. The molecule has 230 valence electrons. The highest BCUT2D eigenvalue weighted by molar-refractivity contribution is 6.10. The van der Waals surface area contributed by atoms with Crippen molar-refractivity contribution in [3.63, 3.8) is 0 Å². The normalized spacial score (nSPS) is 19.5. The molecule has 2 fully saturated rings. The summed E-state index contributed by atoms with van der Waals surface area (Å²) in [6.45, 7) is 2.43. The average molecular weight is 612 g/mol. The first kappa shape index (κ1) is 29.2. The third-order valence-electron chi connectivity index (χ3n) is 7.84. The highest BCUT2D eigenvalue weighted by Gasteiger charge is 2.48. The van der Waals surface area contributed by atoms with Gasteiger partial charge < -0.3 is 34.7 Å². The second-order valence-corrected chi connectivity index (χ2v) is 10.5. The Bertz CT molecular complexity index is 1750. The monoisotopic (exact) mass is 611 g/mol. The van der Waals surface area contributed by atoms with Crippen molar-refractivity contribution >= 4 is 29.5 Å². The Morgan fingerprint density at radius 1 is 1.07 bits per heavy atom. The number of hydrogen-bond acceptors (Lipinski definition) is 11. The number of nitrogens with zero attached hydrogens (tertiary/aromatic N) is 7. The molecule has 3 aliphatic rings. The quantitative estimate of drug-likeness (QED) is 0.0881. The Morgan fingerprint density at radius 2 is 1.89 bits per heavy atom. The molecule has 45 heavy (non-hydrogen) atoms. The highest BCUT2D eigenvalue weighted by atomic mass is 16.5. The largest absolute Gasteiger partial charge is 0.497 e. The van der Waals surface area contributed by atoms with Crippen molar-refractivity contribution in [3.05, 3.63) is 71.4 Å². The minimum Gasteiger partial charge on any atom is -0.497 e. The molecular formula is C30H29N9O6. The summed E-state index contributed by atoms with van der Waals surface area (Å²) in [4.78, 5) is 56.9. The number of piperazine rings is 1. The van der Waals surface area contributed by atoms with Crippen LogP contribution in [-0.2, 0) is 11.3 Å². The number of hydrogen-bond donors (Lipinski definition) is 3. The van der Waals surface area contributed by atoms with Crippen LogP contribution in [0.5, 0.6) is 11.5 Å². The van der Waals surface area contributed by atoms with E-state index < -0.39 is 17.5 Å². The predicted molar refractivity (Wildman–Crippen MR) is 159 cm³/mol. The smallest absolute Gasteiger partial charge is 0.323 e. The summed E-state index contributed by atoms with van der Waals surface area (Å²) in [6, 6.07) is 6.09. The summed E-state index contributed by atoms with van der Waals surface area (Å²) in [5, 5.41) is 18.3. The number of nitrogens with one attached hydrogen (secondary N) is 2. The molecular weight excluding hydrogens is 582 g/mol. The number of ether oxygens (including phenoxy) is 2. The molecule has 3 aliphatic heterocycles. The van der Waals surface area contributed by atoms with Crippen LogP contribution < -0.4 is 25.0 Å². The van der Waals surface area contributed by atoms with Gasteiger partial charge in [-0.3, -0.25) is 19.9 Å².